The summed E-state index contributed by atoms with van der Waals surface area (Å²) in [5.74, 6) is 0. The van der Waals surface area contributed by atoms with Gasteiger partial charge >= 0.3 is 6.26 Å². The van der Waals surface area contributed by atoms with Crippen LogP contribution in [0.15, 0.2) is 0 Å². The van der Waals surface area contributed by atoms with Crippen LogP contribution in [0.5, 0.6) is 0 Å². The van der Waals surface area contributed by atoms with Crippen LogP contribution in [-0.2, 0) is 0 Å². The average molecular weight is 232 g/mol. The van der Waals surface area contributed by atoms with E-state index in [1.165, 1.54) is 0 Å². The Morgan fingerprint density at radius 2 is 1.42 bits per heavy atom. The van der Waals surface area contributed by atoms with Gasteiger partial charge in [-0.05, 0) is 20.8 Å². The van der Waals surface area contributed by atoms with Crippen LogP contribution in [0.1, 0.15) is 20.8 Å². The Hall–Kier alpha value is 0.895. The van der Waals surface area contributed by atoms with Crippen molar-refractivity contribution in [2.24, 2.45) is 0 Å². The molecular weight excluding hydrogens is 215 g/mol. The molecule has 0 fully saturated rings. The molecule has 1 atom stereocenters. The summed E-state index contributed by atoms with van der Waals surface area (Å²) >= 11 is 17.8. The topological polar surface area (TPSA) is 0 Å². The molecule has 12 heavy (non-hydrogen) atoms. The summed E-state index contributed by atoms with van der Waals surface area (Å²) in [5, 5.41) is 0. The molecule has 0 heterocycles. The van der Waals surface area contributed by atoms with Crippen molar-refractivity contribution in [1.29, 1.82) is 0 Å². The van der Waals surface area contributed by atoms with Gasteiger partial charge in [-0.25, -0.2) is 0 Å². The first-order chi connectivity index (χ1) is 5.54. The largest absolute Gasteiger partial charge is 0.504 e. The Balaban J connectivity index is 4.46. The Morgan fingerprint density at radius 3 is 1.50 bits per heavy atom. The van der Waals surface area contributed by atoms with Crippen LogP contribution < -0.4 is 0 Å². The summed E-state index contributed by atoms with van der Waals surface area (Å²) in [6.07, 6.45) is -1.03. The van der Waals surface area contributed by atoms with Crippen molar-refractivity contribution in [1.82, 2.24) is 0 Å². The SMILES string of the molecule is CC[N+](CC)(CC)[BH-](Cl)C(Cl)Cl. The molecule has 1 nitrogen and oxygen atoms in total. The van der Waals surface area contributed by atoms with E-state index in [1.807, 2.05) is 0 Å². The van der Waals surface area contributed by atoms with Crippen molar-refractivity contribution in [3.8, 4) is 0 Å². The normalized spacial score (nSPS) is 15.2. The standard InChI is InChI=1S/C7H17BCl3N/c1-4-12(5-2,6-3)8(11)7(9)10/h7-8H,4-6H2,1-3H3. The molecule has 0 amide bonds. The molecule has 0 aliphatic rings. The molecule has 5 heteroatoms. The number of rotatable bonds is 5. The molecule has 0 aromatic heterocycles. The highest BCUT2D eigenvalue weighted by Gasteiger charge is 2.29. The van der Waals surface area contributed by atoms with Crippen molar-refractivity contribution in [3.05, 3.63) is 0 Å². The van der Waals surface area contributed by atoms with E-state index in [2.05, 4.69) is 20.8 Å². The van der Waals surface area contributed by atoms with E-state index in [0.717, 1.165) is 24.0 Å². The molecule has 0 aromatic rings. The molecule has 0 saturated heterocycles. The van der Waals surface area contributed by atoms with Crippen molar-refractivity contribution < 1.29 is 4.39 Å². The number of halogens is 3. The van der Waals surface area contributed by atoms with E-state index in [-0.39, 0.29) is 0 Å². The molecule has 0 radical (unpaired) electrons. The fraction of sp³-hybridized carbons (Fsp3) is 1.00. The van der Waals surface area contributed by atoms with E-state index in [0.29, 0.717) is 0 Å². The maximum Gasteiger partial charge on any atom is 0.310 e. The fourth-order valence-electron chi connectivity index (χ4n) is 1.60. The third-order valence-electron chi connectivity index (χ3n) is 2.91. The molecule has 0 aliphatic carbocycles. The van der Waals surface area contributed by atoms with E-state index in [9.17, 15) is 0 Å². The number of alkyl halides is 2. The van der Waals surface area contributed by atoms with Gasteiger partial charge < -0.3 is 15.9 Å². The summed E-state index contributed by atoms with van der Waals surface area (Å²) in [6.45, 7) is 9.41. The van der Waals surface area contributed by atoms with Crippen molar-refractivity contribution in [2.45, 2.75) is 25.5 Å². The van der Waals surface area contributed by atoms with Crippen LogP contribution in [-0.4, -0.2) is 35.0 Å². The van der Waals surface area contributed by atoms with Gasteiger partial charge in [0.25, 0.3) is 0 Å². The molecule has 0 rings (SSSR count). The van der Waals surface area contributed by atoms with E-state index in [1.54, 1.807) is 0 Å². The highest BCUT2D eigenvalue weighted by molar-refractivity contribution is 7.09. The predicted molar refractivity (Wildman–Crippen MR) is 60.4 cm³/mol. The second-order valence-electron chi connectivity index (χ2n) is 3.14. The molecule has 0 aromatic carbocycles. The number of hydrogen-bond acceptors (Lipinski definition) is 0. The van der Waals surface area contributed by atoms with Gasteiger partial charge in [0.2, 0.25) is 0 Å². The summed E-state index contributed by atoms with van der Waals surface area (Å²) < 4.78 is 0.450. The minimum absolute atomic E-state index is 0.411. The molecule has 74 valence electrons. The Kier molecular flexibility index (Phi) is 6.01. The molecular formula is C7H17BCl3N. The molecule has 0 aliphatic heterocycles. The van der Waals surface area contributed by atoms with E-state index < -0.39 is 11.0 Å². The highest BCUT2D eigenvalue weighted by Crippen LogP contribution is 2.21. The molecule has 0 bridgehead atoms. The van der Waals surface area contributed by atoms with Gasteiger partial charge in [0.1, 0.15) is 0 Å². The summed E-state index contributed by atoms with van der Waals surface area (Å²) in [5.41, 5.74) is 0. The van der Waals surface area contributed by atoms with Gasteiger partial charge in [-0.3, -0.25) is 0 Å². The Labute approximate surface area is 90.6 Å². The number of hydrogen-bond donors (Lipinski definition) is 0. The zero-order valence-electron chi connectivity index (χ0n) is 7.99. The first-order valence-electron chi connectivity index (χ1n) is 4.50. The lowest BCUT2D eigenvalue weighted by atomic mass is 9.87. The lowest BCUT2D eigenvalue weighted by Gasteiger charge is -2.49. The van der Waals surface area contributed by atoms with Crippen molar-refractivity contribution >= 4 is 40.9 Å². The van der Waals surface area contributed by atoms with Gasteiger partial charge in [0.05, 0.1) is 4.74 Å². The second-order valence-corrected chi connectivity index (χ2v) is 4.96. The van der Waals surface area contributed by atoms with E-state index in [4.69, 9.17) is 34.7 Å². The minimum Gasteiger partial charge on any atom is -0.504 e. The van der Waals surface area contributed by atoms with Gasteiger partial charge in [-0.2, -0.15) is 0 Å². The monoisotopic (exact) mass is 231 g/mol. The Bertz CT molecular complexity index is 120. The molecule has 0 spiro atoms. The maximum absolute atomic E-state index is 6.23. The first kappa shape index (κ1) is 12.9. The quantitative estimate of drug-likeness (QED) is 0.505. The molecule has 1 unspecified atom stereocenters. The van der Waals surface area contributed by atoms with Crippen LogP contribution in [0.2, 0.25) is 0 Å². The van der Waals surface area contributed by atoms with Crippen molar-refractivity contribution in [2.75, 3.05) is 19.6 Å². The number of nitrogens with zero attached hydrogens (tertiary/aromatic N) is 1. The summed E-state index contributed by atoms with van der Waals surface area (Å²) in [4.78, 5) is 0. The van der Waals surface area contributed by atoms with E-state index >= 15 is 0 Å². The summed E-state index contributed by atoms with van der Waals surface area (Å²) in [7, 11) is 0. The van der Waals surface area contributed by atoms with Crippen LogP contribution in [0.3, 0.4) is 0 Å². The van der Waals surface area contributed by atoms with Crippen LogP contribution >= 0.6 is 34.7 Å². The third kappa shape index (κ3) is 2.70. The lowest BCUT2D eigenvalue weighted by molar-refractivity contribution is -0.819. The lowest BCUT2D eigenvalue weighted by Crippen LogP contribution is -2.58. The van der Waals surface area contributed by atoms with Crippen LogP contribution in [0, 0.1) is 0 Å². The second kappa shape index (κ2) is 5.59. The average Bonchev–Trinajstić information content (AvgIpc) is 2.08. The van der Waals surface area contributed by atoms with Gasteiger partial charge in [-0.15, -0.1) is 23.2 Å². The van der Waals surface area contributed by atoms with Gasteiger partial charge in [0, 0.05) is 19.6 Å². The summed E-state index contributed by atoms with van der Waals surface area (Å²) in [6, 6.07) is 0. The van der Waals surface area contributed by atoms with Gasteiger partial charge in [-0.1, -0.05) is 0 Å². The van der Waals surface area contributed by atoms with Crippen LogP contribution in [0.4, 0.5) is 0 Å². The fourth-order valence-corrected chi connectivity index (χ4v) is 2.70. The maximum atomic E-state index is 6.23. The Morgan fingerprint density at radius 1 is 1.08 bits per heavy atom. The first-order valence-corrected chi connectivity index (χ1v) is 5.91. The van der Waals surface area contributed by atoms with Crippen LogP contribution in [0.25, 0.3) is 0 Å². The smallest absolute Gasteiger partial charge is 0.310 e. The minimum atomic E-state index is -1.03. The molecule has 0 saturated carbocycles. The number of quaternary nitrogens is 1. The van der Waals surface area contributed by atoms with Crippen molar-refractivity contribution in [3.63, 3.8) is 0 Å². The van der Waals surface area contributed by atoms with Gasteiger partial charge in [0.15, 0.2) is 0 Å². The third-order valence-corrected chi connectivity index (χ3v) is 4.62. The molecule has 0 N–H and O–H groups in total. The highest BCUT2D eigenvalue weighted by atomic mass is 35.5. The zero-order chi connectivity index (χ0) is 9.78. The predicted octanol–water partition coefficient (Wildman–Crippen LogP) is 2.67. The zero-order valence-corrected chi connectivity index (χ0v) is 10.3.